The number of likely N-dealkylation sites (tertiary alicyclic amines) is 1. The summed E-state index contributed by atoms with van der Waals surface area (Å²) in [5.41, 5.74) is 0. The van der Waals surface area contributed by atoms with Gasteiger partial charge in [0.1, 0.15) is 6.04 Å². The van der Waals surface area contributed by atoms with E-state index in [0.29, 0.717) is 6.04 Å². The fraction of sp³-hybridized carbons (Fsp3) is 0.857. The molecule has 5 heteroatoms. The maximum atomic E-state index is 12.5. The van der Waals surface area contributed by atoms with Crippen molar-refractivity contribution in [3.05, 3.63) is 0 Å². The number of carbonyl (C=O) groups is 2. The molecule has 0 spiro atoms. The number of rotatable bonds is 3. The normalized spacial score (nSPS) is 31.3. The monoisotopic (exact) mass is 265 g/mol. The lowest BCUT2D eigenvalue weighted by atomic mass is 9.97. The number of carbonyl (C=O) groups excluding carboxylic acids is 2. The first-order valence-corrected chi connectivity index (χ1v) is 7.57. The number of hydrogen-bond donors (Lipinski definition) is 2. The molecule has 0 radical (unpaired) electrons. The van der Waals surface area contributed by atoms with Gasteiger partial charge in [-0.25, -0.2) is 0 Å². The van der Waals surface area contributed by atoms with Crippen LogP contribution in [-0.4, -0.2) is 48.4 Å². The highest BCUT2D eigenvalue weighted by molar-refractivity contribution is 5.89. The highest BCUT2D eigenvalue weighted by atomic mass is 16.2. The summed E-state index contributed by atoms with van der Waals surface area (Å²) in [6.07, 6.45) is 5.99. The number of amides is 2. The SMILES string of the molecule is O=C(NC1CC1)C1CCCN1C(=O)[C@@H]1CCCNC1. The minimum atomic E-state index is -0.213. The Labute approximate surface area is 114 Å². The molecule has 0 bridgehead atoms. The fourth-order valence-electron chi connectivity index (χ4n) is 3.13. The van der Waals surface area contributed by atoms with Crippen LogP contribution in [-0.2, 0) is 9.59 Å². The first kappa shape index (κ1) is 12.9. The zero-order chi connectivity index (χ0) is 13.2. The molecule has 2 heterocycles. The third-order valence-electron chi connectivity index (χ3n) is 4.41. The second kappa shape index (κ2) is 5.49. The molecule has 5 nitrogen and oxygen atoms in total. The van der Waals surface area contributed by atoms with E-state index < -0.39 is 0 Å². The minimum absolute atomic E-state index is 0.0668. The predicted octanol–water partition coefficient (Wildman–Crippen LogP) is 0.256. The van der Waals surface area contributed by atoms with Crippen molar-refractivity contribution in [3.8, 4) is 0 Å². The van der Waals surface area contributed by atoms with Gasteiger partial charge in [-0.2, -0.15) is 0 Å². The van der Waals surface area contributed by atoms with Crippen LogP contribution in [0.15, 0.2) is 0 Å². The summed E-state index contributed by atoms with van der Waals surface area (Å²) in [6, 6.07) is 0.163. The zero-order valence-corrected chi connectivity index (χ0v) is 11.4. The van der Waals surface area contributed by atoms with Crippen molar-refractivity contribution < 1.29 is 9.59 Å². The van der Waals surface area contributed by atoms with Crippen molar-refractivity contribution >= 4 is 11.8 Å². The van der Waals surface area contributed by atoms with E-state index in [1.54, 1.807) is 0 Å². The van der Waals surface area contributed by atoms with E-state index in [9.17, 15) is 9.59 Å². The van der Waals surface area contributed by atoms with Crippen molar-refractivity contribution in [1.29, 1.82) is 0 Å². The first-order chi connectivity index (χ1) is 9.25. The molecule has 1 saturated carbocycles. The van der Waals surface area contributed by atoms with Crippen molar-refractivity contribution in [2.45, 2.75) is 50.6 Å². The molecule has 3 rings (SSSR count). The van der Waals surface area contributed by atoms with Crippen LogP contribution >= 0.6 is 0 Å². The second-order valence-corrected chi connectivity index (χ2v) is 6.02. The first-order valence-electron chi connectivity index (χ1n) is 7.57. The summed E-state index contributed by atoms with van der Waals surface area (Å²) in [7, 11) is 0. The van der Waals surface area contributed by atoms with Crippen molar-refractivity contribution in [2.75, 3.05) is 19.6 Å². The van der Waals surface area contributed by atoms with Crippen molar-refractivity contribution in [1.82, 2.24) is 15.5 Å². The average Bonchev–Trinajstić information content (AvgIpc) is 3.11. The molecule has 2 N–H and O–H groups in total. The smallest absolute Gasteiger partial charge is 0.243 e. The highest BCUT2D eigenvalue weighted by Gasteiger charge is 2.38. The zero-order valence-electron chi connectivity index (χ0n) is 11.4. The molecule has 2 atom stereocenters. The van der Waals surface area contributed by atoms with Crippen LogP contribution in [0, 0.1) is 5.92 Å². The summed E-state index contributed by atoms with van der Waals surface area (Å²) in [5.74, 6) is 0.320. The molecule has 0 aromatic rings. The largest absolute Gasteiger partial charge is 0.352 e. The highest BCUT2D eigenvalue weighted by Crippen LogP contribution is 2.25. The van der Waals surface area contributed by atoms with Gasteiger partial charge in [-0.3, -0.25) is 9.59 Å². The van der Waals surface area contributed by atoms with Gasteiger partial charge in [0.25, 0.3) is 0 Å². The average molecular weight is 265 g/mol. The molecule has 3 fully saturated rings. The summed E-state index contributed by atoms with van der Waals surface area (Å²) in [4.78, 5) is 26.5. The predicted molar refractivity (Wildman–Crippen MR) is 71.5 cm³/mol. The van der Waals surface area contributed by atoms with Gasteiger partial charge >= 0.3 is 0 Å². The van der Waals surface area contributed by atoms with E-state index in [2.05, 4.69) is 10.6 Å². The lowest BCUT2D eigenvalue weighted by Crippen LogP contribution is -2.50. The maximum Gasteiger partial charge on any atom is 0.243 e. The summed E-state index contributed by atoms with van der Waals surface area (Å²) >= 11 is 0. The van der Waals surface area contributed by atoms with Crippen LogP contribution in [0.3, 0.4) is 0 Å². The van der Waals surface area contributed by atoms with Gasteiger partial charge in [-0.15, -0.1) is 0 Å². The fourth-order valence-corrected chi connectivity index (χ4v) is 3.13. The van der Waals surface area contributed by atoms with Crippen molar-refractivity contribution in [3.63, 3.8) is 0 Å². The molecule has 1 unspecified atom stereocenters. The molecule has 106 valence electrons. The van der Waals surface area contributed by atoms with Gasteiger partial charge in [0.15, 0.2) is 0 Å². The second-order valence-electron chi connectivity index (χ2n) is 6.02. The summed E-state index contributed by atoms with van der Waals surface area (Å²) in [6.45, 7) is 2.53. The van der Waals surface area contributed by atoms with Crippen LogP contribution in [0.2, 0.25) is 0 Å². The lowest BCUT2D eigenvalue weighted by Gasteiger charge is -2.30. The summed E-state index contributed by atoms with van der Waals surface area (Å²) < 4.78 is 0. The van der Waals surface area contributed by atoms with Crippen molar-refractivity contribution in [2.24, 2.45) is 5.92 Å². The third kappa shape index (κ3) is 2.91. The maximum absolute atomic E-state index is 12.5. The minimum Gasteiger partial charge on any atom is -0.352 e. The Kier molecular flexibility index (Phi) is 3.73. The molecular formula is C14H23N3O2. The van der Waals surface area contributed by atoms with Gasteiger partial charge in [0.2, 0.25) is 11.8 Å². The van der Waals surface area contributed by atoms with E-state index in [4.69, 9.17) is 0 Å². The molecule has 2 aliphatic heterocycles. The van der Waals surface area contributed by atoms with Gasteiger partial charge < -0.3 is 15.5 Å². The Morgan fingerprint density at radius 3 is 2.63 bits per heavy atom. The quantitative estimate of drug-likeness (QED) is 0.769. The standard InChI is InChI=1S/C14H23N3O2/c18-13(16-11-5-6-11)12-4-2-8-17(12)14(19)10-3-1-7-15-9-10/h10-12,15H,1-9H2,(H,16,18)/t10-,12?/m1/s1. The van der Waals surface area contributed by atoms with Gasteiger partial charge in [0, 0.05) is 19.1 Å². The molecule has 2 saturated heterocycles. The van der Waals surface area contributed by atoms with E-state index in [1.165, 1.54) is 0 Å². The Hall–Kier alpha value is -1.10. The summed E-state index contributed by atoms with van der Waals surface area (Å²) in [5, 5.41) is 6.31. The molecule has 3 aliphatic rings. The Morgan fingerprint density at radius 1 is 1.11 bits per heavy atom. The van der Waals surface area contributed by atoms with Gasteiger partial charge in [-0.05, 0) is 45.1 Å². The van der Waals surface area contributed by atoms with E-state index in [1.807, 2.05) is 4.90 Å². The van der Waals surface area contributed by atoms with E-state index >= 15 is 0 Å². The molecular weight excluding hydrogens is 242 g/mol. The molecule has 2 amide bonds. The number of hydrogen-bond acceptors (Lipinski definition) is 3. The number of nitrogens with zero attached hydrogens (tertiary/aromatic N) is 1. The van der Waals surface area contributed by atoms with E-state index in [-0.39, 0.29) is 23.8 Å². The van der Waals surface area contributed by atoms with Crippen LogP contribution in [0.25, 0.3) is 0 Å². The van der Waals surface area contributed by atoms with Gasteiger partial charge in [-0.1, -0.05) is 0 Å². The lowest BCUT2D eigenvalue weighted by molar-refractivity contribution is -0.142. The Bertz CT molecular complexity index is 362. The van der Waals surface area contributed by atoms with Crippen LogP contribution in [0.5, 0.6) is 0 Å². The van der Waals surface area contributed by atoms with Crippen LogP contribution < -0.4 is 10.6 Å². The van der Waals surface area contributed by atoms with E-state index in [0.717, 1.165) is 58.2 Å². The Morgan fingerprint density at radius 2 is 1.95 bits per heavy atom. The van der Waals surface area contributed by atoms with Gasteiger partial charge in [0.05, 0.1) is 5.92 Å². The molecule has 0 aromatic carbocycles. The molecule has 1 aliphatic carbocycles. The third-order valence-corrected chi connectivity index (χ3v) is 4.41. The number of nitrogens with one attached hydrogen (secondary N) is 2. The van der Waals surface area contributed by atoms with Crippen LogP contribution in [0.1, 0.15) is 38.5 Å². The molecule has 0 aromatic heterocycles. The Balaban J connectivity index is 1.60. The molecule has 19 heavy (non-hydrogen) atoms. The van der Waals surface area contributed by atoms with Crippen LogP contribution in [0.4, 0.5) is 0 Å². The number of piperidine rings is 1. The topological polar surface area (TPSA) is 61.4 Å².